The number of hydrogen-bond donors (Lipinski definition) is 1. The topological polar surface area (TPSA) is 55.4 Å². The molecule has 0 spiro atoms. The van der Waals surface area contributed by atoms with E-state index in [1.165, 1.54) is 6.07 Å². The summed E-state index contributed by atoms with van der Waals surface area (Å²) in [7, 11) is 0. The van der Waals surface area contributed by atoms with Gasteiger partial charge in [0.1, 0.15) is 5.82 Å². The molecule has 0 bridgehead atoms. The molecule has 1 amide bonds. The van der Waals surface area contributed by atoms with Crippen molar-refractivity contribution in [1.82, 2.24) is 5.32 Å². The van der Waals surface area contributed by atoms with Crippen LogP contribution in [0, 0.1) is 5.82 Å². The third-order valence-corrected chi connectivity index (χ3v) is 2.61. The molecule has 104 valence electrons. The van der Waals surface area contributed by atoms with E-state index in [1.54, 1.807) is 32.0 Å². The van der Waals surface area contributed by atoms with Crippen molar-refractivity contribution in [2.45, 2.75) is 32.7 Å². The summed E-state index contributed by atoms with van der Waals surface area (Å²) >= 11 is 0. The molecule has 1 N–H and O–H groups in total. The van der Waals surface area contributed by atoms with Crippen molar-refractivity contribution in [3.8, 4) is 0 Å². The summed E-state index contributed by atoms with van der Waals surface area (Å²) in [5, 5.41) is 2.65. The molecular formula is C14H18FNO3. The maximum atomic E-state index is 13.5. The van der Waals surface area contributed by atoms with Gasteiger partial charge in [-0.3, -0.25) is 9.59 Å². The fourth-order valence-corrected chi connectivity index (χ4v) is 1.67. The van der Waals surface area contributed by atoms with Gasteiger partial charge >= 0.3 is 5.97 Å². The Balaban J connectivity index is 2.44. The van der Waals surface area contributed by atoms with Crippen LogP contribution in [0.2, 0.25) is 0 Å². The molecule has 19 heavy (non-hydrogen) atoms. The van der Waals surface area contributed by atoms with Crippen molar-refractivity contribution in [3.05, 3.63) is 35.6 Å². The Morgan fingerprint density at radius 2 is 2.00 bits per heavy atom. The minimum atomic E-state index is -0.434. The van der Waals surface area contributed by atoms with E-state index in [4.69, 9.17) is 4.74 Å². The number of halogens is 1. The van der Waals surface area contributed by atoms with Gasteiger partial charge in [-0.15, -0.1) is 0 Å². The highest BCUT2D eigenvalue weighted by atomic mass is 19.1. The van der Waals surface area contributed by atoms with Crippen molar-refractivity contribution in [3.63, 3.8) is 0 Å². The molecule has 0 saturated heterocycles. The minimum Gasteiger partial charge on any atom is -0.466 e. The zero-order chi connectivity index (χ0) is 14.3. The second kappa shape index (κ2) is 7.51. The number of ether oxygens (including phenoxy) is 1. The summed E-state index contributed by atoms with van der Waals surface area (Å²) in [5.41, 5.74) is 0.423. The van der Waals surface area contributed by atoms with Crippen LogP contribution in [0.4, 0.5) is 4.39 Å². The molecule has 0 fully saturated rings. The highest BCUT2D eigenvalue weighted by Gasteiger charge is 2.14. The maximum Gasteiger partial charge on any atom is 0.306 e. The minimum absolute atomic E-state index is 0.0314. The van der Waals surface area contributed by atoms with Gasteiger partial charge in [0, 0.05) is 12.0 Å². The Morgan fingerprint density at radius 1 is 1.32 bits per heavy atom. The predicted molar refractivity (Wildman–Crippen MR) is 68.8 cm³/mol. The van der Waals surface area contributed by atoms with Gasteiger partial charge in [0.15, 0.2) is 0 Å². The summed E-state index contributed by atoms with van der Waals surface area (Å²) in [6.45, 7) is 3.70. The van der Waals surface area contributed by atoms with E-state index in [1.807, 2.05) is 0 Å². The molecule has 0 aliphatic carbocycles. The second-order valence-corrected chi connectivity index (χ2v) is 4.12. The Labute approximate surface area is 112 Å². The monoisotopic (exact) mass is 267 g/mol. The van der Waals surface area contributed by atoms with Gasteiger partial charge in [0.2, 0.25) is 5.91 Å². The van der Waals surface area contributed by atoms with Gasteiger partial charge in [-0.2, -0.15) is 0 Å². The van der Waals surface area contributed by atoms with E-state index in [9.17, 15) is 14.0 Å². The second-order valence-electron chi connectivity index (χ2n) is 4.12. The lowest BCUT2D eigenvalue weighted by atomic mass is 10.1. The quantitative estimate of drug-likeness (QED) is 0.805. The Bertz CT molecular complexity index is 448. The zero-order valence-corrected chi connectivity index (χ0v) is 11.1. The van der Waals surface area contributed by atoms with Crippen LogP contribution in [-0.4, -0.2) is 18.5 Å². The van der Waals surface area contributed by atoms with E-state index in [-0.39, 0.29) is 24.6 Å². The molecular weight excluding hydrogens is 249 g/mol. The number of carbonyl (C=O) groups is 2. The average Bonchev–Trinajstić information content (AvgIpc) is 2.37. The van der Waals surface area contributed by atoms with E-state index in [0.29, 0.717) is 12.2 Å². The Kier molecular flexibility index (Phi) is 5.99. The van der Waals surface area contributed by atoms with E-state index in [2.05, 4.69) is 5.32 Å². The lowest BCUT2D eigenvalue weighted by molar-refractivity contribution is -0.144. The van der Waals surface area contributed by atoms with Gasteiger partial charge < -0.3 is 10.1 Å². The van der Waals surface area contributed by atoms with Crippen LogP contribution in [0.3, 0.4) is 0 Å². The van der Waals surface area contributed by atoms with E-state index >= 15 is 0 Å². The summed E-state index contributed by atoms with van der Waals surface area (Å²) in [6, 6.07) is 5.83. The first-order chi connectivity index (χ1) is 9.04. The number of rotatable bonds is 6. The number of carbonyl (C=O) groups excluding carboxylic acids is 2. The van der Waals surface area contributed by atoms with Gasteiger partial charge in [-0.05, 0) is 19.9 Å². The third kappa shape index (κ3) is 5.07. The first kappa shape index (κ1) is 15.1. The van der Waals surface area contributed by atoms with E-state index < -0.39 is 12.0 Å². The molecule has 0 unspecified atom stereocenters. The molecule has 4 nitrogen and oxygen atoms in total. The summed E-state index contributed by atoms with van der Waals surface area (Å²) in [5.74, 6) is -1.07. The maximum absolute atomic E-state index is 13.5. The zero-order valence-electron chi connectivity index (χ0n) is 11.1. The highest BCUT2D eigenvalue weighted by molar-refractivity contribution is 5.81. The van der Waals surface area contributed by atoms with Crippen molar-refractivity contribution < 1.29 is 18.7 Å². The molecule has 0 aromatic heterocycles. The summed E-state index contributed by atoms with van der Waals surface area (Å²) in [6.07, 6.45) is 0.0707. The Hall–Kier alpha value is -1.91. The highest BCUT2D eigenvalue weighted by Crippen LogP contribution is 2.16. The van der Waals surface area contributed by atoms with Gasteiger partial charge in [0.05, 0.1) is 19.1 Å². The fourth-order valence-electron chi connectivity index (χ4n) is 1.67. The largest absolute Gasteiger partial charge is 0.466 e. The van der Waals surface area contributed by atoms with Crippen molar-refractivity contribution >= 4 is 11.9 Å². The molecule has 0 heterocycles. The number of nitrogens with one attached hydrogen (secondary N) is 1. The summed E-state index contributed by atoms with van der Waals surface area (Å²) in [4.78, 5) is 22.7. The molecule has 0 aliphatic rings. The van der Waals surface area contributed by atoms with Crippen LogP contribution in [0.1, 0.15) is 38.3 Å². The lowest BCUT2D eigenvalue weighted by Crippen LogP contribution is -2.27. The SMILES string of the molecule is CCOC(=O)CCC(=O)N[C@@H](C)c1ccccc1F. The lowest BCUT2D eigenvalue weighted by Gasteiger charge is -2.14. The molecule has 5 heteroatoms. The smallest absolute Gasteiger partial charge is 0.306 e. The normalized spacial score (nSPS) is 11.7. The molecule has 1 rings (SSSR count). The van der Waals surface area contributed by atoms with Gasteiger partial charge in [0.25, 0.3) is 0 Å². The molecule has 0 saturated carbocycles. The molecule has 1 atom stereocenters. The summed E-state index contributed by atoms with van der Waals surface area (Å²) < 4.78 is 18.2. The van der Waals surface area contributed by atoms with Crippen molar-refractivity contribution in [2.75, 3.05) is 6.61 Å². The first-order valence-electron chi connectivity index (χ1n) is 6.24. The van der Waals surface area contributed by atoms with Crippen LogP contribution in [-0.2, 0) is 14.3 Å². The number of esters is 1. The average molecular weight is 267 g/mol. The molecule has 1 aromatic rings. The van der Waals surface area contributed by atoms with Gasteiger partial charge in [-0.25, -0.2) is 4.39 Å². The van der Waals surface area contributed by atoms with Crippen LogP contribution < -0.4 is 5.32 Å². The van der Waals surface area contributed by atoms with E-state index in [0.717, 1.165) is 0 Å². The van der Waals surface area contributed by atoms with Crippen LogP contribution >= 0.6 is 0 Å². The third-order valence-electron chi connectivity index (χ3n) is 2.61. The predicted octanol–water partition coefficient (Wildman–Crippen LogP) is 2.35. The fraction of sp³-hybridized carbons (Fsp3) is 0.429. The first-order valence-corrected chi connectivity index (χ1v) is 6.24. The van der Waals surface area contributed by atoms with Gasteiger partial charge in [-0.1, -0.05) is 18.2 Å². The molecule has 1 aromatic carbocycles. The molecule has 0 radical (unpaired) electrons. The number of amides is 1. The number of hydrogen-bond acceptors (Lipinski definition) is 3. The Morgan fingerprint density at radius 3 is 2.63 bits per heavy atom. The van der Waals surface area contributed by atoms with Crippen molar-refractivity contribution in [2.24, 2.45) is 0 Å². The van der Waals surface area contributed by atoms with Crippen molar-refractivity contribution in [1.29, 1.82) is 0 Å². The van der Waals surface area contributed by atoms with Crippen LogP contribution in [0.15, 0.2) is 24.3 Å². The van der Waals surface area contributed by atoms with Crippen LogP contribution in [0.25, 0.3) is 0 Å². The number of benzene rings is 1. The van der Waals surface area contributed by atoms with Crippen LogP contribution in [0.5, 0.6) is 0 Å². The standard InChI is InChI=1S/C14H18FNO3/c1-3-19-14(18)9-8-13(17)16-10(2)11-6-4-5-7-12(11)15/h4-7,10H,3,8-9H2,1-2H3,(H,16,17)/t10-/m0/s1. The molecule has 0 aliphatic heterocycles.